The van der Waals surface area contributed by atoms with Gasteiger partial charge in [0.1, 0.15) is 17.5 Å². The van der Waals surface area contributed by atoms with Crippen molar-refractivity contribution in [3.63, 3.8) is 0 Å². The number of halogens is 3. The van der Waals surface area contributed by atoms with E-state index in [2.05, 4.69) is 20.3 Å². The van der Waals surface area contributed by atoms with Crippen LogP contribution in [0.4, 0.5) is 14.6 Å². The average molecular weight is 383 g/mol. The van der Waals surface area contributed by atoms with Gasteiger partial charge in [-0.25, -0.2) is 18.7 Å². The van der Waals surface area contributed by atoms with Crippen molar-refractivity contribution in [2.75, 3.05) is 12.4 Å². The van der Waals surface area contributed by atoms with Crippen molar-refractivity contribution in [1.82, 2.24) is 15.0 Å². The van der Waals surface area contributed by atoms with Crippen LogP contribution in [0.25, 0.3) is 33.4 Å². The number of aromatic nitrogens is 3. The number of rotatable bonds is 3. The Morgan fingerprint density at radius 3 is 2.48 bits per heavy atom. The molecule has 0 saturated heterocycles. The van der Waals surface area contributed by atoms with E-state index in [0.717, 1.165) is 0 Å². The van der Waals surface area contributed by atoms with Crippen molar-refractivity contribution in [1.29, 1.82) is 0 Å². The van der Waals surface area contributed by atoms with E-state index >= 15 is 4.39 Å². The highest BCUT2D eigenvalue weighted by molar-refractivity contribution is 6.31. The Morgan fingerprint density at radius 1 is 0.926 bits per heavy atom. The lowest BCUT2D eigenvalue weighted by Crippen LogP contribution is -2.02. The Morgan fingerprint density at radius 2 is 1.74 bits per heavy atom. The Labute approximate surface area is 158 Å². The van der Waals surface area contributed by atoms with Crippen molar-refractivity contribution in [3.8, 4) is 22.5 Å². The monoisotopic (exact) mass is 382 g/mol. The van der Waals surface area contributed by atoms with Crippen LogP contribution in [0.1, 0.15) is 0 Å². The van der Waals surface area contributed by atoms with Gasteiger partial charge in [-0.3, -0.25) is 4.98 Å². The Balaban J connectivity index is 1.97. The fraction of sp³-hybridized carbons (Fsp3) is 0.0500. The van der Waals surface area contributed by atoms with Crippen molar-refractivity contribution in [2.24, 2.45) is 0 Å². The lowest BCUT2D eigenvalue weighted by molar-refractivity contribution is 0.621. The predicted octanol–water partition coefficient (Wildman–Crippen LogP) is 5.33. The van der Waals surface area contributed by atoms with Gasteiger partial charge in [0.15, 0.2) is 5.82 Å². The summed E-state index contributed by atoms with van der Waals surface area (Å²) in [5, 5.41) is 3.01. The maximum atomic E-state index is 15.3. The first kappa shape index (κ1) is 17.3. The molecule has 0 aliphatic carbocycles. The number of benzene rings is 2. The SMILES string of the molecule is CNc1nc(-c2cccnc2)nc2ccc(-c3cccc(Cl)c3F)c(F)c12. The van der Waals surface area contributed by atoms with Crippen molar-refractivity contribution in [2.45, 2.75) is 0 Å². The summed E-state index contributed by atoms with van der Waals surface area (Å²) in [6.07, 6.45) is 3.28. The fourth-order valence-electron chi connectivity index (χ4n) is 2.91. The predicted molar refractivity (Wildman–Crippen MR) is 103 cm³/mol. The van der Waals surface area contributed by atoms with E-state index in [0.29, 0.717) is 22.7 Å². The first-order valence-electron chi connectivity index (χ1n) is 8.13. The van der Waals surface area contributed by atoms with E-state index in [1.54, 1.807) is 37.6 Å². The highest BCUT2D eigenvalue weighted by atomic mass is 35.5. The molecule has 0 atom stereocenters. The highest BCUT2D eigenvalue weighted by Crippen LogP contribution is 2.35. The van der Waals surface area contributed by atoms with Crippen LogP contribution in [-0.2, 0) is 0 Å². The number of hydrogen-bond donors (Lipinski definition) is 1. The molecule has 2 aromatic carbocycles. The van der Waals surface area contributed by atoms with Gasteiger partial charge in [0, 0.05) is 36.1 Å². The molecule has 134 valence electrons. The van der Waals surface area contributed by atoms with Crippen molar-refractivity contribution in [3.05, 3.63) is 71.5 Å². The van der Waals surface area contributed by atoms with Gasteiger partial charge in [0.25, 0.3) is 0 Å². The first-order chi connectivity index (χ1) is 13.1. The molecule has 0 aliphatic heterocycles. The van der Waals surface area contributed by atoms with Crippen LogP contribution < -0.4 is 5.32 Å². The Kier molecular flexibility index (Phi) is 4.41. The molecule has 27 heavy (non-hydrogen) atoms. The summed E-state index contributed by atoms with van der Waals surface area (Å²) in [5.41, 5.74) is 1.29. The van der Waals surface area contributed by atoms with Crippen LogP contribution in [0, 0.1) is 11.6 Å². The third kappa shape index (κ3) is 2.98. The number of fused-ring (bicyclic) bond motifs is 1. The molecule has 2 heterocycles. The lowest BCUT2D eigenvalue weighted by atomic mass is 10.0. The molecule has 7 heteroatoms. The minimum atomic E-state index is -0.670. The quantitative estimate of drug-likeness (QED) is 0.520. The molecule has 2 aromatic heterocycles. The first-order valence-corrected chi connectivity index (χ1v) is 8.50. The maximum absolute atomic E-state index is 15.3. The van der Waals surface area contributed by atoms with Crippen LogP contribution in [-0.4, -0.2) is 22.0 Å². The zero-order valence-electron chi connectivity index (χ0n) is 14.2. The highest BCUT2D eigenvalue weighted by Gasteiger charge is 2.19. The summed E-state index contributed by atoms with van der Waals surface area (Å²) in [5.74, 6) is -0.561. The summed E-state index contributed by atoms with van der Waals surface area (Å²) < 4.78 is 29.7. The molecular formula is C20H13ClF2N4. The topological polar surface area (TPSA) is 50.7 Å². The number of pyridine rings is 1. The summed E-state index contributed by atoms with van der Waals surface area (Å²) in [4.78, 5) is 12.9. The largest absolute Gasteiger partial charge is 0.372 e. The van der Waals surface area contributed by atoms with Gasteiger partial charge in [-0.2, -0.15) is 0 Å². The van der Waals surface area contributed by atoms with E-state index < -0.39 is 11.6 Å². The summed E-state index contributed by atoms with van der Waals surface area (Å²) in [6.45, 7) is 0. The van der Waals surface area contributed by atoms with Crippen LogP contribution in [0.15, 0.2) is 54.9 Å². The van der Waals surface area contributed by atoms with E-state index in [-0.39, 0.29) is 21.5 Å². The Bertz CT molecular complexity index is 1150. The molecule has 4 nitrogen and oxygen atoms in total. The van der Waals surface area contributed by atoms with Crippen molar-refractivity contribution >= 4 is 28.3 Å². The fourth-order valence-corrected chi connectivity index (χ4v) is 3.08. The van der Waals surface area contributed by atoms with Gasteiger partial charge in [-0.1, -0.05) is 23.7 Å². The lowest BCUT2D eigenvalue weighted by Gasteiger charge is -2.12. The van der Waals surface area contributed by atoms with E-state index in [1.165, 1.54) is 18.2 Å². The number of nitrogens with zero attached hydrogens (tertiary/aromatic N) is 3. The van der Waals surface area contributed by atoms with Crippen LogP contribution >= 0.6 is 11.6 Å². The van der Waals surface area contributed by atoms with E-state index in [4.69, 9.17) is 11.6 Å². The number of anilines is 1. The van der Waals surface area contributed by atoms with Crippen LogP contribution in [0.2, 0.25) is 5.02 Å². The van der Waals surface area contributed by atoms with Crippen molar-refractivity contribution < 1.29 is 8.78 Å². The third-order valence-electron chi connectivity index (χ3n) is 4.20. The van der Waals surface area contributed by atoms with E-state index in [9.17, 15) is 4.39 Å². The van der Waals surface area contributed by atoms with Crippen LogP contribution in [0.3, 0.4) is 0 Å². The average Bonchev–Trinajstić information content (AvgIpc) is 2.70. The summed E-state index contributed by atoms with van der Waals surface area (Å²) in [7, 11) is 1.64. The van der Waals surface area contributed by atoms with Crippen LogP contribution in [0.5, 0.6) is 0 Å². The van der Waals surface area contributed by atoms with Gasteiger partial charge in [0.2, 0.25) is 0 Å². The van der Waals surface area contributed by atoms with Gasteiger partial charge >= 0.3 is 0 Å². The molecule has 0 amide bonds. The molecule has 4 aromatic rings. The Hall–Kier alpha value is -3.12. The zero-order chi connectivity index (χ0) is 19.0. The van der Waals surface area contributed by atoms with Gasteiger partial charge < -0.3 is 5.32 Å². The maximum Gasteiger partial charge on any atom is 0.163 e. The second-order valence-electron chi connectivity index (χ2n) is 5.81. The molecule has 0 unspecified atom stereocenters. The van der Waals surface area contributed by atoms with Gasteiger partial charge in [-0.05, 0) is 30.3 Å². The minimum absolute atomic E-state index is 0.0657. The standard InChI is InChI=1S/C20H13ClF2N4/c1-24-20-16-15(26-19(27-20)11-4-3-9-25-10-11)8-7-13(18(16)23)12-5-2-6-14(21)17(12)22/h2-10H,1H3,(H,24,26,27). The molecule has 0 spiro atoms. The summed E-state index contributed by atoms with van der Waals surface area (Å²) in [6, 6.07) is 11.2. The summed E-state index contributed by atoms with van der Waals surface area (Å²) >= 11 is 5.84. The molecular weight excluding hydrogens is 370 g/mol. The van der Waals surface area contributed by atoms with Gasteiger partial charge in [-0.15, -0.1) is 0 Å². The second kappa shape index (κ2) is 6.89. The molecule has 4 rings (SSSR count). The number of nitrogens with one attached hydrogen (secondary N) is 1. The normalized spacial score (nSPS) is 11.0. The molecule has 0 fully saturated rings. The molecule has 0 bridgehead atoms. The zero-order valence-corrected chi connectivity index (χ0v) is 14.9. The smallest absolute Gasteiger partial charge is 0.163 e. The molecule has 0 radical (unpaired) electrons. The van der Waals surface area contributed by atoms with Gasteiger partial charge in [0.05, 0.1) is 15.9 Å². The van der Waals surface area contributed by atoms with E-state index in [1.807, 2.05) is 6.07 Å². The second-order valence-corrected chi connectivity index (χ2v) is 6.22. The molecule has 0 aliphatic rings. The third-order valence-corrected chi connectivity index (χ3v) is 4.49. The molecule has 0 saturated carbocycles. The number of hydrogen-bond acceptors (Lipinski definition) is 4. The minimum Gasteiger partial charge on any atom is -0.372 e. The molecule has 1 N–H and O–H groups in total.